The van der Waals surface area contributed by atoms with Crippen LogP contribution in [0.25, 0.3) is 0 Å². The Kier molecular flexibility index (Phi) is 5.09. The second kappa shape index (κ2) is 6.36. The van der Waals surface area contributed by atoms with Gasteiger partial charge in [-0.25, -0.2) is 4.39 Å². The van der Waals surface area contributed by atoms with Crippen molar-refractivity contribution in [2.45, 2.75) is 39.2 Å². The van der Waals surface area contributed by atoms with Crippen LogP contribution < -0.4 is 10.1 Å². The van der Waals surface area contributed by atoms with Crippen molar-refractivity contribution in [2.75, 3.05) is 12.4 Å². The van der Waals surface area contributed by atoms with E-state index in [-0.39, 0.29) is 11.6 Å². The summed E-state index contributed by atoms with van der Waals surface area (Å²) in [5, 5.41) is 3.33. The monoisotopic (exact) mass is 225 g/mol. The van der Waals surface area contributed by atoms with Crippen molar-refractivity contribution in [3.05, 3.63) is 24.0 Å². The molecule has 2 nitrogen and oxygen atoms in total. The Hall–Kier alpha value is -1.25. The molecule has 1 unspecified atom stereocenters. The number of unbranched alkanes of at least 4 members (excludes halogenated alkanes) is 1. The molecule has 0 aliphatic carbocycles. The number of benzene rings is 1. The highest BCUT2D eigenvalue weighted by atomic mass is 19.1. The summed E-state index contributed by atoms with van der Waals surface area (Å²) in [4.78, 5) is 0. The Bertz CT molecular complexity index is 328. The minimum absolute atomic E-state index is 0.285. The van der Waals surface area contributed by atoms with Crippen molar-refractivity contribution in [3.63, 3.8) is 0 Å². The second-order valence-corrected chi connectivity index (χ2v) is 4.04. The Labute approximate surface area is 96.8 Å². The molecular formula is C13H20FNO. The number of rotatable bonds is 6. The highest BCUT2D eigenvalue weighted by molar-refractivity contribution is 5.49. The SMILES string of the molecule is CCCCC(C)Nc1ccc(F)c(OC)c1. The van der Waals surface area contributed by atoms with E-state index in [1.165, 1.54) is 26.0 Å². The molecule has 0 bridgehead atoms. The Morgan fingerprint density at radius 1 is 1.44 bits per heavy atom. The number of hydrogen-bond donors (Lipinski definition) is 1. The largest absolute Gasteiger partial charge is 0.494 e. The molecule has 0 spiro atoms. The predicted octanol–water partition coefficient (Wildman–Crippen LogP) is 3.82. The standard InChI is InChI=1S/C13H20FNO/c1-4-5-6-10(2)15-11-7-8-12(14)13(9-11)16-3/h7-10,15H,4-6H2,1-3H3. The van der Waals surface area contributed by atoms with E-state index in [0.717, 1.165) is 12.1 Å². The van der Waals surface area contributed by atoms with Crippen LogP contribution in [0.2, 0.25) is 0 Å². The smallest absolute Gasteiger partial charge is 0.165 e. The van der Waals surface area contributed by atoms with E-state index in [1.807, 2.05) is 0 Å². The second-order valence-electron chi connectivity index (χ2n) is 4.04. The molecule has 1 N–H and O–H groups in total. The summed E-state index contributed by atoms with van der Waals surface area (Å²) in [6.07, 6.45) is 3.52. The fourth-order valence-electron chi connectivity index (χ4n) is 1.62. The van der Waals surface area contributed by atoms with E-state index < -0.39 is 0 Å². The van der Waals surface area contributed by atoms with Crippen LogP contribution in [0.4, 0.5) is 10.1 Å². The van der Waals surface area contributed by atoms with Gasteiger partial charge in [0.1, 0.15) is 0 Å². The molecule has 1 aromatic carbocycles. The number of methoxy groups -OCH3 is 1. The average Bonchev–Trinajstić information content (AvgIpc) is 2.29. The molecule has 1 atom stereocenters. The van der Waals surface area contributed by atoms with Crippen molar-refractivity contribution < 1.29 is 9.13 Å². The number of nitrogens with one attached hydrogen (secondary N) is 1. The van der Waals surface area contributed by atoms with Crippen LogP contribution in [0.5, 0.6) is 5.75 Å². The summed E-state index contributed by atoms with van der Waals surface area (Å²) in [7, 11) is 1.47. The van der Waals surface area contributed by atoms with E-state index in [0.29, 0.717) is 6.04 Å². The maximum absolute atomic E-state index is 13.2. The first-order valence-electron chi connectivity index (χ1n) is 5.77. The lowest BCUT2D eigenvalue weighted by Gasteiger charge is -2.15. The molecule has 0 saturated carbocycles. The molecule has 0 radical (unpaired) electrons. The Balaban J connectivity index is 2.59. The molecule has 0 heterocycles. The van der Waals surface area contributed by atoms with Crippen molar-refractivity contribution >= 4 is 5.69 Å². The molecule has 0 fully saturated rings. The lowest BCUT2D eigenvalue weighted by molar-refractivity contribution is 0.386. The van der Waals surface area contributed by atoms with Crippen molar-refractivity contribution in [2.24, 2.45) is 0 Å². The van der Waals surface area contributed by atoms with Gasteiger partial charge in [0.2, 0.25) is 0 Å². The molecule has 3 heteroatoms. The average molecular weight is 225 g/mol. The maximum atomic E-state index is 13.2. The van der Waals surface area contributed by atoms with E-state index in [4.69, 9.17) is 4.74 Å². The third kappa shape index (κ3) is 3.72. The fourth-order valence-corrected chi connectivity index (χ4v) is 1.62. The summed E-state index contributed by atoms with van der Waals surface area (Å²) in [6.45, 7) is 4.30. The van der Waals surface area contributed by atoms with Gasteiger partial charge in [-0.15, -0.1) is 0 Å². The molecule has 1 rings (SSSR count). The summed E-state index contributed by atoms with van der Waals surface area (Å²) in [5.41, 5.74) is 0.904. The first-order chi connectivity index (χ1) is 7.67. The van der Waals surface area contributed by atoms with Gasteiger partial charge in [-0.2, -0.15) is 0 Å². The molecule has 16 heavy (non-hydrogen) atoms. The summed E-state index contributed by atoms with van der Waals surface area (Å²) in [6, 6.07) is 5.25. The van der Waals surface area contributed by atoms with Crippen molar-refractivity contribution in [1.82, 2.24) is 0 Å². The lowest BCUT2D eigenvalue weighted by Crippen LogP contribution is -2.14. The van der Waals surface area contributed by atoms with Crippen molar-refractivity contribution in [3.8, 4) is 5.75 Å². The predicted molar refractivity (Wildman–Crippen MR) is 65.6 cm³/mol. The van der Waals surface area contributed by atoms with Gasteiger partial charge in [0.15, 0.2) is 11.6 Å². The first kappa shape index (κ1) is 12.8. The van der Waals surface area contributed by atoms with Crippen LogP contribution in [0.1, 0.15) is 33.1 Å². The normalized spacial score (nSPS) is 12.2. The summed E-state index contributed by atoms with van der Waals surface area (Å²) < 4.78 is 18.1. The topological polar surface area (TPSA) is 21.3 Å². The quantitative estimate of drug-likeness (QED) is 0.794. The highest BCUT2D eigenvalue weighted by Crippen LogP contribution is 2.22. The van der Waals surface area contributed by atoms with Crippen LogP contribution >= 0.6 is 0 Å². The van der Waals surface area contributed by atoms with Gasteiger partial charge in [-0.1, -0.05) is 19.8 Å². The molecule has 1 aromatic rings. The van der Waals surface area contributed by atoms with Crippen LogP contribution in [0, 0.1) is 5.82 Å². The molecule has 90 valence electrons. The zero-order chi connectivity index (χ0) is 12.0. The molecular weight excluding hydrogens is 205 g/mol. The van der Waals surface area contributed by atoms with Crippen LogP contribution in [-0.4, -0.2) is 13.2 Å². The molecule has 0 aliphatic heterocycles. The van der Waals surface area contributed by atoms with Gasteiger partial charge >= 0.3 is 0 Å². The molecule has 0 saturated heterocycles. The number of hydrogen-bond acceptors (Lipinski definition) is 2. The number of ether oxygens (including phenoxy) is 1. The zero-order valence-electron chi connectivity index (χ0n) is 10.2. The third-order valence-corrected chi connectivity index (χ3v) is 2.55. The fraction of sp³-hybridized carbons (Fsp3) is 0.538. The maximum Gasteiger partial charge on any atom is 0.165 e. The van der Waals surface area contributed by atoms with E-state index in [2.05, 4.69) is 19.2 Å². The lowest BCUT2D eigenvalue weighted by atomic mass is 10.1. The van der Waals surface area contributed by atoms with Gasteiger partial charge in [0.25, 0.3) is 0 Å². The Morgan fingerprint density at radius 3 is 2.81 bits per heavy atom. The van der Waals surface area contributed by atoms with Crippen LogP contribution in [0.15, 0.2) is 18.2 Å². The number of anilines is 1. The summed E-state index contributed by atoms with van der Waals surface area (Å²) >= 11 is 0. The molecule has 0 aliphatic rings. The van der Waals surface area contributed by atoms with Crippen LogP contribution in [0.3, 0.4) is 0 Å². The van der Waals surface area contributed by atoms with Gasteiger partial charge in [0.05, 0.1) is 7.11 Å². The van der Waals surface area contributed by atoms with Gasteiger partial charge < -0.3 is 10.1 Å². The van der Waals surface area contributed by atoms with Crippen LogP contribution in [-0.2, 0) is 0 Å². The third-order valence-electron chi connectivity index (χ3n) is 2.55. The Morgan fingerprint density at radius 2 is 2.19 bits per heavy atom. The van der Waals surface area contributed by atoms with E-state index in [9.17, 15) is 4.39 Å². The zero-order valence-corrected chi connectivity index (χ0v) is 10.2. The van der Waals surface area contributed by atoms with Gasteiger partial charge in [-0.05, 0) is 25.5 Å². The van der Waals surface area contributed by atoms with E-state index >= 15 is 0 Å². The van der Waals surface area contributed by atoms with Crippen molar-refractivity contribution in [1.29, 1.82) is 0 Å². The minimum Gasteiger partial charge on any atom is -0.494 e. The molecule has 0 amide bonds. The minimum atomic E-state index is -0.325. The summed E-state index contributed by atoms with van der Waals surface area (Å²) in [5.74, 6) is -0.0399. The highest BCUT2D eigenvalue weighted by Gasteiger charge is 2.05. The molecule has 0 aromatic heterocycles. The van der Waals surface area contributed by atoms with E-state index in [1.54, 1.807) is 12.1 Å². The number of halogens is 1. The first-order valence-corrected chi connectivity index (χ1v) is 5.77. The van der Waals surface area contributed by atoms with Gasteiger partial charge in [-0.3, -0.25) is 0 Å². The van der Waals surface area contributed by atoms with Gasteiger partial charge in [0, 0.05) is 17.8 Å².